The molecule has 4 atom stereocenters. The van der Waals surface area contributed by atoms with Crippen LogP contribution in [0.5, 0.6) is 0 Å². The summed E-state index contributed by atoms with van der Waals surface area (Å²) in [5.41, 5.74) is 0. The van der Waals surface area contributed by atoms with Gasteiger partial charge in [0.2, 0.25) is 11.8 Å². The molecule has 2 amide bonds. The summed E-state index contributed by atoms with van der Waals surface area (Å²) in [5, 5.41) is 2.93. The van der Waals surface area contributed by atoms with Gasteiger partial charge in [0.1, 0.15) is 12.1 Å². The highest BCUT2D eigenvalue weighted by molar-refractivity contribution is 5.97. The predicted molar refractivity (Wildman–Crippen MR) is 63.1 cm³/mol. The van der Waals surface area contributed by atoms with Gasteiger partial charge in [-0.3, -0.25) is 9.59 Å². The SMILES string of the molecule is CCC1C(=O)NC(C2CC2)C(=O)N1C1CC1C. The molecule has 0 aromatic rings. The van der Waals surface area contributed by atoms with Crippen LogP contribution in [-0.2, 0) is 9.59 Å². The largest absolute Gasteiger partial charge is 0.342 e. The molecule has 3 rings (SSSR count). The lowest BCUT2D eigenvalue weighted by Crippen LogP contribution is -2.64. The highest BCUT2D eigenvalue weighted by Gasteiger charge is 2.52. The van der Waals surface area contributed by atoms with Crippen molar-refractivity contribution in [1.29, 1.82) is 0 Å². The van der Waals surface area contributed by atoms with Crippen molar-refractivity contribution in [1.82, 2.24) is 10.2 Å². The number of hydrogen-bond donors (Lipinski definition) is 1. The first kappa shape index (κ1) is 11.1. The quantitative estimate of drug-likeness (QED) is 0.792. The summed E-state index contributed by atoms with van der Waals surface area (Å²) in [5.74, 6) is 1.20. The minimum atomic E-state index is -0.229. The fraction of sp³-hybridized carbons (Fsp3) is 0.846. The Morgan fingerprint density at radius 2 is 2.00 bits per heavy atom. The van der Waals surface area contributed by atoms with E-state index in [0.717, 1.165) is 25.7 Å². The first-order valence-electron chi connectivity index (χ1n) is 6.76. The first-order chi connectivity index (χ1) is 8.13. The Bertz CT molecular complexity index is 364. The van der Waals surface area contributed by atoms with E-state index in [1.165, 1.54) is 0 Å². The molecule has 3 fully saturated rings. The van der Waals surface area contributed by atoms with E-state index in [9.17, 15) is 9.59 Å². The van der Waals surface area contributed by atoms with Gasteiger partial charge in [0.25, 0.3) is 0 Å². The average Bonchev–Trinajstić information content (AvgIpc) is 3.17. The molecule has 0 spiro atoms. The van der Waals surface area contributed by atoms with Gasteiger partial charge in [0, 0.05) is 6.04 Å². The van der Waals surface area contributed by atoms with Crippen LogP contribution in [0.3, 0.4) is 0 Å². The summed E-state index contributed by atoms with van der Waals surface area (Å²) in [4.78, 5) is 26.4. The maximum Gasteiger partial charge on any atom is 0.246 e. The van der Waals surface area contributed by atoms with Gasteiger partial charge in [0.05, 0.1) is 0 Å². The van der Waals surface area contributed by atoms with Crippen molar-refractivity contribution in [2.45, 2.75) is 57.7 Å². The van der Waals surface area contributed by atoms with E-state index < -0.39 is 0 Å². The smallest absolute Gasteiger partial charge is 0.246 e. The van der Waals surface area contributed by atoms with Crippen molar-refractivity contribution >= 4 is 11.8 Å². The molecule has 2 saturated carbocycles. The number of rotatable bonds is 3. The number of carbonyl (C=O) groups excluding carboxylic acids is 2. The summed E-state index contributed by atoms with van der Waals surface area (Å²) in [6.45, 7) is 4.14. The van der Waals surface area contributed by atoms with Gasteiger partial charge in [-0.05, 0) is 37.5 Å². The average molecular weight is 236 g/mol. The Morgan fingerprint density at radius 3 is 2.47 bits per heavy atom. The van der Waals surface area contributed by atoms with E-state index in [4.69, 9.17) is 0 Å². The summed E-state index contributed by atoms with van der Waals surface area (Å²) in [7, 11) is 0. The minimum absolute atomic E-state index is 0.0584. The molecular formula is C13H20N2O2. The van der Waals surface area contributed by atoms with Crippen LogP contribution in [0, 0.1) is 11.8 Å². The fourth-order valence-corrected chi connectivity index (χ4v) is 2.97. The second kappa shape index (κ2) is 3.72. The van der Waals surface area contributed by atoms with Crippen molar-refractivity contribution in [2.24, 2.45) is 11.8 Å². The van der Waals surface area contributed by atoms with E-state index in [0.29, 0.717) is 17.9 Å². The van der Waals surface area contributed by atoms with E-state index in [2.05, 4.69) is 12.2 Å². The van der Waals surface area contributed by atoms with Crippen LogP contribution in [0.4, 0.5) is 0 Å². The van der Waals surface area contributed by atoms with Crippen molar-refractivity contribution in [2.75, 3.05) is 0 Å². The first-order valence-corrected chi connectivity index (χ1v) is 6.76. The third-order valence-electron chi connectivity index (χ3n) is 4.36. The van der Waals surface area contributed by atoms with Crippen LogP contribution in [0.15, 0.2) is 0 Å². The van der Waals surface area contributed by atoms with Gasteiger partial charge in [-0.25, -0.2) is 0 Å². The Kier molecular flexibility index (Phi) is 2.42. The maximum absolute atomic E-state index is 12.5. The summed E-state index contributed by atoms with van der Waals surface area (Å²) in [6.07, 6.45) is 3.95. The highest BCUT2D eigenvalue weighted by Crippen LogP contribution is 2.41. The molecule has 1 heterocycles. The van der Waals surface area contributed by atoms with Crippen molar-refractivity contribution in [3.05, 3.63) is 0 Å². The van der Waals surface area contributed by atoms with E-state index in [1.807, 2.05) is 11.8 Å². The number of nitrogens with one attached hydrogen (secondary N) is 1. The van der Waals surface area contributed by atoms with Gasteiger partial charge in [-0.1, -0.05) is 13.8 Å². The van der Waals surface area contributed by atoms with Crippen LogP contribution >= 0.6 is 0 Å². The summed E-state index contributed by atoms with van der Waals surface area (Å²) in [6, 6.07) is -0.134. The van der Waals surface area contributed by atoms with Crippen molar-refractivity contribution in [3.8, 4) is 0 Å². The molecule has 4 nitrogen and oxygen atoms in total. The number of hydrogen-bond acceptors (Lipinski definition) is 2. The Morgan fingerprint density at radius 1 is 1.35 bits per heavy atom. The molecule has 17 heavy (non-hydrogen) atoms. The van der Waals surface area contributed by atoms with Crippen LogP contribution < -0.4 is 5.32 Å². The minimum Gasteiger partial charge on any atom is -0.342 e. The third-order valence-corrected chi connectivity index (χ3v) is 4.36. The number of nitrogens with zero attached hydrogens (tertiary/aromatic N) is 1. The molecule has 3 aliphatic rings. The zero-order chi connectivity index (χ0) is 12.2. The van der Waals surface area contributed by atoms with Crippen LogP contribution in [0.1, 0.15) is 39.5 Å². The lowest BCUT2D eigenvalue weighted by molar-refractivity contribution is -0.151. The molecule has 0 radical (unpaired) electrons. The summed E-state index contributed by atoms with van der Waals surface area (Å²) < 4.78 is 0. The third kappa shape index (κ3) is 1.74. The van der Waals surface area contributed by atoms with Gasteiger partial charge >= 0.3 is 0 Å². The molecule has 94 valence electrons. The van der Waals surface area contributed by atoms with E-state index >= 15 is 0 Å². The number of piperazine rings is 1. The molecular weight excluding hydrogens is 216 g/mol. The molecule has 0 bridgehead atoms. The normalized spacial score (nSPS) is 41.4. The monoisotopic (exact) mass is 236 g/mol. The predicted octanol–water partition coefficient (Wildman–Crippen LogP) is 0.910. The zero-order valence-corrected chi connectivity index (χ0v) is 10.5. The maximum atomic E-state index is 12.5. The van der Waals surface area contributed by atoms with Crippen LogP contribution in [-0.4, -0.2) is 34.8 Å². The van der Waals surface area contributed by atoms with Crippen molar-refractivity contribution in [3.63, 3.8) is 0 Å². The standard InChI is InChI=1S/C13H20N2O2/c1-3-9-12(16)14-11(8-4-5-8)13(17)15(9)10-6-7(10)2/h7-11H,3-6H2,1-2H3,(H,14,16). The Balaban J connectivity index is 1.83. The highest BCUT2D eigenvalue weighted by atomic mass is 16.2. The van der Waals surface area contributed by atoms with Gasteiger partial charge in [-0.15, -0.1) is 0 Å². The molecule has 0 aromatic heterocycles. The second-order valence-electron chi connectivity index (χ2n) is 5.77. The second-order valence-corrected chi connectivity index (χ2v) is 5.77. The van der Waals surface area contributed by atoms with Gasteiger partial charge in [-0.2, -0.15) is 0 Å². The molecule has 1 N–H and O–H groups in total. The van der Waals surface area contributed by atoms with Crippen LogP contribution in [0.25, 0.3) is 0 Å². The summed E-state index contributed by atoms with van der Waals surface area (Å²) >= 11 is 0. The zero-order valence-electron chi connectivity index (χ0n) is 10.5. The molecule has 2 aliphatic carbocycles. The molecule has 1 aliphatic heterocycles. The molecule has 4 unspecified atom stereocenters. The molecule has 1 saturated heterocycles. The van der Waals surface area contributed by atoms with Gasteiger partial charge in [0.15, 0.2) is 0 Å². The molecule has 4 heteroatoms. The molecule has 0 aromatic carbocycles. The topological polar surface area (TPSA) is 49.4 Å². The van der Waals surface area contributed by atoms with Gasteiger partial charge < -0.3 is 10.2 Å². The lowest BCUT2D eigenvalue weighted by Gasteiger charge is -2.39. The van der Waals surface area contributed by atoms with Crippen LogP contribution in [0.2, 0.25) is 0 Å². The van der Waals surface area contributed by atoms with E-state index in [-0.39, 0.29) is 23.9 Å². The number of amides is 2. The Hall–Kier alpha value is -1.06. The van der Waals surface area contributed by atoms with E-state index in [1.54, 1.807) is 0 Å². The van der Waals surface area contributed by atoms with Crippen molar-refractivity contribution < 1.29 is 9.59 Å². The lowest BCUT2D eigenvalue weighted by atomic mass is 10.0. The number of carbonyl (C=O) groups is 2. The Labute approximate surface area is 102 Å². The fourth-order valence-electron chi connectivity index (χ4n) is 2.97.